The van der Waals surface area contributed by atoms with Crippen molar-refractivity contribution >= 4 is 10.8 Å². The summed E-state index contributed by atoms with van der Waals surface area (Å²) in [4.78, 5) is 0. The lowest BCUT2D eigenvalue weighted by Crippen LogP contribution is -2.13. The number of fused-ring (bicyclic) bond motifs is 1. The van der Waals surface area contributed by atoms with Gasteiger partial charge in [-0.05, 0) is 96.5 Å². The summed E-state index contributed by atoms with van der Waals surface area (Å²) in [6.45, 7) is 4.55. The van der Waals surface area contributed by atoms with Crippen LogP contribution in [0.25, 0.3) is 10.8 Å². The first-order valence-corrected chi connectivity index (χ1v) is 12.9. The van der Waals surface area contributed by atoms with Crippen molar-refractivity contribution in [3.63, 3.8) is 0 Å². The van der Waals surface area contributed by atoms with Crippen molar-refractivity contribution in [2.75, 3.05) is 0 Å². The third-order valence-corrected chi connectivity index (χ3v) is 7.27. The van der Waals surface area contributed by atoms with E-state index in [1.54, 1.807) is 0 Å². The van der Waals surface area contributed by atoms with Gasteiger partial charge in [-0.1, -0.05) is 87.8 Å². The molecule has 0 bridgehead atoms. The van der Waals surface area contributed by atoms with Gasteiger partial charge in [-0.25, -0.2) is 0 Å². The SMILES string of the molecule is CCCCc1ccc2cc(C#Cc3ccc([C@H]4CC[C@H](CCCC)CC4)cc3)ccc2c1. The molecule has 0 heterocycles. The number of hydrogen-bond acceptors (Lipinski definition) is 0. The third-order valence-electron chi connectivity index (χ3n) is 7.27. The molecular formula is C32H38. The molecule has 3 aromatic rings. The maximum absolute atomic E-state index is 3.38. The van der Waals surface area contributed by atoms with E-state index in [1.165, 1.54) is 86.1 Å². The van der Waals surface area contributed by atoms with Crippen LogP contribution in [0.5, 0.6) is 0 Å². The van der Waals surface area contributed by atoms with Crippen LogP contribution >= 0.6 is 0 Å². The van der Waals surface area contributed by atoms with Crippen LogP contribution in [0.3, 0.4) is 0 Å². The van der Waals surface area contributed by atoms with E-state index in [0.29, 0.717) is 0 Å². The molecule has 0 atom stereocenters. The van der Waals surface area contributed by atoms with Crippen molar-refractivity contribution in [2.45, 2.75) is 84.0 Å². The molecule has 0 spiro atoms. The second-order valence-electron chi connectivity index (χ2n) is 9.73. The van der Waals surface area contributed by atoms with Crippen LogP contribution in [0.15, 0.2) is 60.7 Å². The molecule has 1 fully saturated rings. The predicted octanol–water partition coefficient (Wildman–Crippen LogP) is 9.05. The summed E-state index contributed by atoms with van der Waals surface area (Å²) >= 11 is 0. The fourth-order valence-corrected chi connectivity index (χ4v) is 5.17. The van der Waals surface area contributed by atoms with Crippen LogP contribution in [0.4, 0.5) is 0 Å². The highest BCUT2D eigenvalue weighted by Crippen LogP contribution is 2.37. The zero-order valence-corrected chi connectivity index (χ0v) is 20.0. The minimum atomic E-state index is 0.748. The van der Waals surface area contributed by atoms with Gasteiger partial charge in [-0.15, -0.1) is 0 Å². The molecule has 1 aliphatic rings. The van der Waals surface area contributed by atoms with Crippen molar-refractivity contribution < 1.29 is 0 Å². The van der Waals surface area contributed by atoms with E-state index in [4.69, 9.17) is 0 Å². The summed E-state index contributed by atoms with van der Waals surface area (Å²) in [7, 11) is 0. The van der Waals surface area contributed by atoms with E-state index < -0.39 is 0 Å². The monoisotopic (exact) mass is 422 g/mol. The van der Waals surface area contributed by atoms with Gasteiger partial charge < -0.3 is 0 Å². The van der Waals surface area contributed by atoms with Crippen LogP contribution in [-0.4, -0.2) is 0 Å². The van der Waals surface area contributed by atoms with Gasteiger partial charge in [-0.2, -0.15) is 0 Å². The average molecular weight is 423 g/mol. The zero-order chi connectivity index (χ0) is 22.2. The second kappa shape index (κ2) is 11.4. The Bertz CT molecular complexity index is 1050. The van der Waals surface area contributed by atoms with E-state index in [0.717, 1.165) is 23.0 Å². The van der Waals surface area contributed by atoms with Gasteiger partial charge in [0.05, 0.1) is 0 Å². The zero-order valence-electron chi connectivity index (χ0n) is 20.0. The van der Waals surface area contributed by atoms with Gasteiger partial charge in [0.15, 0.2) is 0 Å². The molecule has 1 saturated carbocycles. The molecule has 0 nitrogen and oxygen atoms in total. The molecule has 0 radical (unpaired) electrons. The number of rotatable bonds is 7. The predicted molar refractivity (Wildman–Crippen MR) is 139 cm³/mol. The van der Waals surface area contributed by atoms with E-state index in [9.17, 15) is 0 Å². The van der Waals surface area contributed by atoms with Gasteiger partial charge in [0, 0.05) is 11.1 Å². The van der Waals surface area contributed by atoms with Crippen LogP contribution in [0.2, 0.25) is 0 Å². The van der Waals surface area contributed by atoms with Gasteiger partial charge in [-0.3, -0.25) is 0 Å². The molecule has 0 saturated heterocycles. The molecule has 1 aliphatic carbocycles. The molecule has 0 unspecified atom stereocenters. The molecule has 32 heavy (non-hydrogen) atoms. The highest BCUT2D eigenvalue weighted by atomic mass is 14.3. The van der Waals surface area contributed by atoms with Crippen molar-refractivity contribution in [3.05, 3.63) is 82.9 Å². The summed E-state index contributed by atoms with van der Waals surface area (Å²) in [5, 5.41) is 2.60. The summed E-state index contributed by atoms with van der Waals surface area (Å²) in [6, 6.07) is 22.5. The first kappa shape index (κ1) is 22.7. The summed E-state index contributed by atoms with van der Waals surface area (Å²) in [5.41, 5.74) is 5.15. The topological polar surface area (TPSA) is 0 Å². The molecular weight excluding hydrogens is 384 g/mol. The van der Waals surface area contributed by atoms with E-state index in [-0.39, 0.29) is 0 Å². The largest absolute Gasteiger partial charge is 0.0654 e. The Balaban J connectivity index is 1.38. The lowest BCUT2D eigenvalue weighted by atomic mass is 9.77. The van der Waals surface area contributed by atoms with Crippen molar-refractivity contribution in [2.24, 2.45) is 5.92 Å². The maximum atomic E-state index is 3.38. The molecule has 0 heteroatoms. The van der Waals surface area contributed by atoms with E-state index in [1.807, 2.05) is 0 Å². The highest BCUT2D eigenvalue weighted by Gasteiger charge is 2.21. The lowest BCUT2D eigenvalue weighted by molar-refractivity contribution is 0.304. The molecule has 0 aromatic heterocycles. The Hall–Kier alpha value is -2.52. The van der Waals surface area contributed by atoms with Crippen molar-refractivity contribution in [1.82, 2.24) is 0 Å². The third kappa shape index (κ3) is 6.04. The van der Waals surface area contributed by atoms with Gasteiger partial charge in [0.2, 0.25) is 0 Å². The van der Waals surface area contributed by atoms with E-state index in [2.05, 4.69) is 86.4 Å². The first-order valence-electron chi connectivity index (χ1n) is 12.9. The fourth-order valence-electron chi connectivity index (χ4n) is 5.17. The smallest absolute Gasteiger partial charge is 0.0255 e. The van der Waals surface area contributed by atoms with Crippen molar-refractivity contribution in [1.29, 1.82) is 0 Å². The summed E-state index contributed by atoms with van der Waals surface area (Å²) < 4.78 is 0. The Morgan fingerprint density at radius 2 is 1.34 bits per heavy atom. The van der Waals surface area contributed by atoms with Crippen LogP contribution < -0.4 is 0 Å². The minimum absolute atomic E-state index is 0.748. The number of hydrogen-bond donors (Lipinski definition) is 0. The Labute approximate surface area is 195 Å². The van der Waals surface area contributed by atoms with Gasteiger partial charge >= 0.3 is 0 Å². The fraction of sp³-hybridized carbons (Fsp3) is 0.438. The maximum Gasteiger partial charge on any atom is 0.0255 e. The average Bonchev–Trinajstić information content (AvgIpc) is 2.85. The molecule has 0 N–H and O–H groups in total. The second-order valence-corrected chi connectivity index (χ2v) is 9.73. The standard InChI is InChI=1S/C32H38/c1-3-5-7-25-11-17-29(18-12-25)30-19-13-26(14-20-30)9-10-28-16-22-31-23-27(8-6-4-2)15-21-32(31)24-28/h13-16,19-25,29H,3-8,11-12,17-18H2,1-2H3/t25-,29-. The lowest BCUT2D eigenvalue weighted by Gasteiger charge is -2.28. The molecule has 4 rings (SSSR count). The Morgan fingerprint density at radius 3 is 2.09 bits per heavy atom. The quantitative estimate of drug-likeness (QED) is 0.333. The minimum Gasteiger partial charge on any atom is -0.0654 e. The van der Waals surface area contributed by atoms with Crippen LogP contribution in [0.1, 0.15) is 99.8 Å². The van der Waals surface area contributed by atoms with E-state index >= 15 is 0 Å². The number of benzene rings is 3. The first-order chi connectivity index (χ1) is 15.7. The summed E-state index contributed by atoms with van der Waals surface area (Å²) in [5.74, 6) is 8.47. The summed E-state index contributed by atoms with van der Waals surface area (Å²) in [6.07, 6.45) is 13.4. The highest BCUT2D eigenvalue weighted by molar-refractivity contribution is 5.84. The Morgan fingerprint density at radius 1 is 0.688 bits per heavy atom. The number of unbranched alkanes of at least 4 members (excludes halogenated alkanes) is 2. The molecule has 3 aromatic carbocycles. The van der Waals surface area contributed by atoms with Gasteiger partial charge in [0.1, 0.15) is 0 Å². The normalized spacial score (nSPS) is 18.3. The molecule has 0 aliphatic heterocycles. The number of aryl methyl sites for hydroxylation is 1. The Kier molecular flexibility index (Phi) is 8.06. The van der Waals surface area contributed by atoms with Gasteiger partial charge in [0.25, 0.3) is 0 Å². The van der Waals surface area contributed by atoms with Crippen LogP contribution in [0, 0.1) is 17.8 Å². The molecule has 166 valence electrons. The van der Waals surface area contributed by atoms with Crippen LogP contribution in [-0.2, 0) is 6.42 Å². The molecule has 0 amide bonds. The van der Waals surface area contributed by atoms with Crippen molar-refractivity contribution in [3.8, 4) is 11.8 Å².